The maximum atomic E-state index is 5.34. The standard InChI is InChI=1S/C17H27NO2/c1-4-5-6-7-8-9-12-18-14-15-10-11-16(19-2)13-17(15)20-3/h10-11,13-14H,4-9,12H2,1-3H3. The number of benzene rings is 1. The average Bonchev–Trinajstić information content (AvgIpc) is 2.50. The molecule has 0 radical (unpaired) electrons. The van der Waals surface area contributed by atoms with Crippen molar-refractivity contribution in [3.05, 3.63) is 23.8 Å². The summed E-state index contributed by atoms with van der Waals surface area (Å²) in [6.07, 6.45) is 9.67. The molecule has 0 heterocycles. The van der Waals surface area contributed by atoms with E-state index in [4.69, 9.17) is 9.47 Å². The Morgan fingerprint density at radius 2 is 1.75 bits per heavy atom. The van der Waals surface area contributed by atoms with Crippen molar-refractivity contribution < 1.29 is 9.47 Å². The number of methoxy groups -OCH3 is 2. The topological polar surface area (TPSA) is 30.8 Å². The van der Waals surface area contributed by atoms with E-state index in [-0.39, 0.29) is 0 Å². The molecule has 0 fully saturated rings. The number of ether oxygens (including phenoxy) is 2. The normalized spacial score (nSPS) is 10.9. The van der Waals surface area contributed by atoms with Crippen molar-refractivity contribution in [3.8, 4) is 11.5 Å². The van der Waals surface area contributed by atoms with Crippen LogP contribution >= 0.6 is 0 Å². The van der Waals surface area contributed by atoms with Crippen molar-refractivity contribution in [1.29, 1.82) is 0 Å². The first-order valence-corrected chi connectivity index (χ1v) is 7.53. The molecule has 3 heteroatoms. The van der Waals surface area contributed by atoms with Crippen LogP contribution in [-0.4, -0.2) is 27.0 Å². The van der Waals surface area contributed by atoms with E-state index in [1.54, 1.807) is 14.2 Å². The number of hydrogen-bond donors (Lipinski definition) is 0. The molecule has 112 valence electrons. The molecule has 1 aromatic rings. The smallest absolute Gasteiger partial charge is 0.131 e. The van der Waals surface area contributed by atoms with Crippen LogP contribution in [0.2, 0.25) is 0 Å². The fraction of sp³-hybridized carbons (Fsp3) is 0.588. The van der Waals surface area contributed by atoms with Crippen LogP contribution in [0.15, 0.2) is 23.2 Å². The van der Waals surface area contributed by atoms with Crippen LogP contribution in [-0.2, 0) is 0 Å². The predicted octanol–water partition coefficient (Wildman–Crippen LogP) is 4.48. The lowest BCUT2D eigenvalue weighted by Gasteiger charge is -2.06. The molecule has 0 aliphatic heterocycles. The van der Waals surface area contributed by atoms with Crippen molar-refractivity contribution >= 4 is 6.21 Å². The molecule has 0 amide bonds. The number of aliphatic imine (C=N–C) groups is 1. The van der Waals surface area contributed by atoms with Gasteiger partial charge in [0.05, 0.1) is 14.2 Å². The van der Waals surface area contributed by atoms with Gasteiger partial charge in [-0.25, -0.2) is 0 Å². The molecule has 0 aliphatic carbocycles. The van der Waals surface area contributed by atoms with Crippen LogP contribution in [0.25, 0.3) is 0 Å². The Bertz CT molecular complexity index is 402. The van der Waals surface area contributed by atoms with Crippen LogP contribution in [0.5, 0.6) is 11.5 Å². The zero-order chi connectivity index (χ0) is 14.6. The zero-order valence-corrected chi connectivity index (χ0v) is 13.0. The molecule has 3 nitrogen and oxygen atoms in total. The first-order chi connectivity index (χ1) is 9.81. The minimum atomic E-state index is 0.801. The third kappa shape index (κ3) is 6.09. The van der Waals surface area contributed by atoms with Crippen LogP contribution < -0.4 is 9.47 Å². The number of rotatable bonds is 10. The van der Waals surface area contributed by atoms with Crippen molar-refractivity contribution in [2.75, 3.05) is 20.8 Å². The maximum absolute atomic E-state index is 5.34. The summed E-state index contributed by atoms with van der Waals surface area (Å²) in [7, 11) is 3.32. The van der Waals surface area contributed by atoms with Gasteiger partial charge in [-0.15, -0.1) is 0 Å². The molecule has 0 aromatic heterocycles. The first-order valence-electron chi connectivity index (χ1n) is 7.53. The molecule has 1 aromatic carbocycles. The van der Waals surface area contributed by atoms with Gasteiger partial charge in [-0.3, -0.25) is 4.99 Å². The van der Waals surface area contributed by atoms with E-state index in [9.17, 15) is 0 Å². The van der Waals surface area contributed by atoms with Crippen molar-refractivity contribution in [1.82, 2.24) is 0 Å². The van der Waals surface area contributed by atoms with E-state index in [0.29, 0.717) is 0 Å². The molecule has 0 saturated carbocycles. The summed E-state index contributed by atoms with van der Waals surface area (Å²) in [6.45, 7) is 3.13. The molecule has 0 N–H and O–H groups in total. The van der Waals surface area contributed by atoms with Gasteiger partial charge in [-0.1, -0.05) is 39.0 Å². The Kier molecular flexibility index (Phi) is 8.52. The zero-order valence-electron chi connectivity index (χ0n) is 13.0. The third-order valence-corrected chi connectivity index (χ3v) is 3.31. The van der Waals surface area contributed by atoms with Crippen LogP contribution in [0.1, 0.15) is 51.0 Å². The third-order valence-electron chi connectivity index (χ3n) is 3.31. The summed E-state index contributed by atoms with van der Waals surface area (Å²) in [5.74, 6) is 1.60. The van der Waals surface area contributed by atoms with Gasteiger partial charge in [-0.2, -0.15) is 0 Å². The lowest BCUT2D eigenvalue weighted by molar-refractivity contribution is 0.394. The van der Waals surface area contributed by atoms with Crippen LogP contribution in [0.3, 0.4) is 0 Å². The Labute approximate surface area is 123 Å². The van der Waals surface area contributed by atoms with Gasteiger partial charge in [-0.05, 0) is 18.6 Å². The highest BCUT2D eigenvalue weighted by Crippen LogP contribution is 2.23. The fourth-order valence-corrected chi connectivity index (χ4v) is 2.07. The summed E-state index contributed by atoms with van der Waals surface area (Å²) < 4.78 is 10.5. The summed E-state index contributed by atoms with van der Waals surface area (Å²) in [5.41, 5.74) is 0.999. The molecule has 20 heavy (non-hydrogen) atoms. The monoisotopic (exact) mass is 277 g/mol. The Morgan fingerprint density at radius 3 is 2.45 bits per heavy atom. The SMILES string of the molecule is CCCCCCCCN=Cc1ccc(OC)cc1OC. The van der Waals surface area contributed by atoms with Gasteiger partial charge in [0.2, 0.25) is 0 Å². The van der Waals surface area contributed by atoms with Crippen molar-refractivity contribution in [3.63, 3.8) is 0 Å². The van der Waals surface area contributed by atoms with Gasteiger partial charge in [0, 0.05) is 24.4 Å². The largest absolute Gasteiger partial charge is 0.497 e. The molecule has 1 rings (SSSR count). The molecular weight excluding hydrogens is 250 g/mol. The minimum absolute atomic E-state index is 0.801. The van der Waals surface area contributed by atoms with Gasteiger partial charge >= 0.3 is 0 Å². The highest BCUT2D eigenvalue weighted by Gasteiger charge is 2.02. The summed E-state index contributed by atoms with van der Waals surface area (Å²) in [6, 6.07) is 5.78. The molecule has 0 unspecified atom stereocenters. The molecule has 0 spiro atoms. The molecule has 0 atom stereocenters. The highest BCUT2D eigenvalue weighted by atomic mass is 16.5. The lowest BCUT2D eigenvalue weighted by atomic mass is 10.1. The van der Waals surface area contributed by atoms with Gasteiger partial charge in [0.25, 0.3) is 0 Å². The Hall–Kier alpha value is -1.51. The van der Waals surface area contributed by atoms with Crippen molar-refractivity contribution in [2.24, 2.45) is 4.99 Å². The second-order valence-corrected chi connectivity index (χ2v) is 4.91. The minimum Gasteiger partial charge on any atom is -0.497 e. The lowest BCUT2D eigenvalue weighted by Crippen LogP contribution is -1.93. The van der Waals surface area contributed by atoms with E-state index in [1.807, 2.05) is 24.4 Å². The number of nitrogens with zero attached hydrogens (tertiary/aromatic N) is 1. The van der Waals surface area contributed by atoms with E-state index in [1.165, 1.54) is 38.5 Å². The predicted molar refractivity (Wildman–Crippen MR) is 85.4 cm³/mol. The highest BCUT2D eigenvalue weighted by molar-refractivity contribution is 5.83. The van der Waals surface area contributed by atoms with Gasteiger partial charge < -0.3 is 9.47 Å². The van der Waals surface area contributed by atoms with E-state index in [0.717, 1.165) is 23.6 Å². The quantitative estimate of drug-likeness (QED) is 0.466. The van der Waals surface area contributed by atoms with Crippen LogP contribution in [0, 0.1) is 0 Å². The molecule has 0 aliphatic rings. The van der Waals surface area contributed by atoms with E-state index >= 15 is 0 Å². The van der Waals surface area contributed by atoms with Gasteiger partial charge in [0.1, 0.15) is 11.5 Å². The second-order valence-electron chi connectivity index (χ2n) is 4.91. The number of unbranched alkanes of at least 4 members (excludes halogenated alkanes) is 5. The first kappa shape index (κ1) is 16.5. The summed E-state index contributed by atoms with van der Waals surface area (Å²) in [4.78, 5) is 4.48. The Morgan fingerprint density at radius 1 is 1.00 bits per heavy atom. The number of hydrogen-bond acceptors (Lipinski definition) is 3. The molecular formula is C17H27NO2. The second kappa shape index (κ2) is 10.3. The molecule has 0 saturated heterocycles. The van der Waals surface area contributed by atoms with E-state index in [2.05, 4.69) is 11.9 Å². The fourth-order valence-electron chi connectivity index (χ4n) is 2.07. The molecule has 0 bridgehead atoms. The van der Waals surface area contributed by atoms with Crippen molar-refractivity contribution in [2.45, 2.75) is 45.4 Å². The van der Waals surface area contributed by atoms with E-state index < -0.39 is 0 Å². The average molecular weight is 277 g/mol. The van der Waals surface area contributed by atoms with Gasteiger partial charge in [0.15, 0.2) is 0 Å². The summed E-state index contributed by atoms with van der Waals surface area (Å²) in [5, 5.41) is 0. The Balaban J connectivity index is 2.34. The summed E-state index contributed by atoms with van der Waals surface area (Å²) >= 11 is 0. The van der Waals surface area contributed by atoms with Crippen LogP contribution in [0.4, 0.5) is 0 Å². The maximum Gasteiger partial charge on any atom is 0.131 e.